The van der Waals surface area contributed by atoms with Gasteiger partial charge in [0, 0.05) is 17.5 Å². The molecule has 0 saturated carbocycles. The molecule has 0 spiro atoms. The van der Waals surface area contributed by atoms with E-state index in [1.165, 1.54) is 12.1 Å². The number of rotatable bonds is 2. The number of phenols is 1. The lowest BCUT2D eigenvalue weighted by Gasteiger charge is -2.08. The molecule has 2 aromatic carbocycles. The molecule has 0 aliphatic rings. The Morgan fingerprint density at radius 2 is 1.85 bits per heavy atom. The molecule has 3 rings (SSSR count). The van der Waals surface area contributed by atoms with Crippen LogP contribution in [0.15, 0.2) is 57.7 Å². The van der Waals surface area contributed by atoms with Crippen LogP contribution >= 0.6 is 0 Å². The van der Waals surface area contributed by atoms with Crippen molar-refractivity contribution in [2.45, 2.75) is 13.3 Å². The molecule has 3 aromatic rings. The van der Waals surface area contributed by atoms with Crippen molar-refractivity contribution in [3.63, 3.8) is 0 Å². The summed E-state index contributed by atoms with van der Waals surface area (Å²) < 4.78 is 5.19. The van der Waals surface area contributed by atoms with Gasteiger partial charge in [0.05, 0.1) is 0 Å². The molecule has 0 unspecified atom stereocenters. The van der Waals surface area contributed by atoms with Gasteiger partial charge in [-0.25, -0.2) is 4.79 Å². The molecule has 1 N–H and O–H groups in total. The quantitative estimate of drug-likeness (QED) is 0.719. The first-order valence-corrected chi connectivity index (χ1v) is 6.54. The van der Waals surface area contributed by atoms with E-state index in [9.17, 15) is 9.90 Å². The first kappa shape index (κ1) is 12.5. The molecule has 3 nitrogen and oxygen atoms in total. The predicted molar refractivity (Wildman–Crippen MR) is 79.0 cm³/mol. The molecule has 3 heteroatoms. The maximum Gasteiger partial charge on any atom is 0.336 e. The highest BCUT2D eigenvalue weighted by Crippen LogP contribution is 2.31. The molecular formula is C17H14O3. The topological polar surface area (TPSA) is 50.4 Å². The molecule has 1 aromatic heterocycles. The van der Waals surface area contributed by atoms with Gasteiger partial charge in [-0.15, -0.1) is 0 Å². The summed E-state index contributed by atoms with van der Waals surface area (Å²) in [6.45, 7) is 1.97. The first-order valence-electron chi connectivity index (χ1n) is 6.54. The van der Waals surface area contributed by atoms with Crippen molar-refractivity contribution in [2.24, 2.45) is 0 Å². The van der Waals surface area contributed by atoms with Gasteiger partial charge >= 0.3 is 5.63 Å². The lowest BCUT2D eigenvalue weighted by molar-refractivity contribution is 0.467. The lowest BCUT2D eigenvalue weighted by Crippen LogP contribution is -1.98. The smallest absolute Gasteiger partial charge is 0.336 e. The Morgan fingerprint density at radius 3 is 2.55 bits per heavy atom. The second kappa shape index (κ2) is 4.85. The van der Waals surface area contributed by atoms with E-state index in [1.54, 1.807) is 0 Å². The second-order valence-electron chi connectivity index (χ2n) is 4.68. The number of fused-ring (bicyclic) bond motifs is 1. The van der Waals surface area contributed by atoms with E-state index in [-0.39, 0.29) is 5.75 Å². The van der Waals surface area contributed by atoms with Crippen molar-refractivity contribution in [3.8, 4) is 16.9 Å². The van der Waals surface area contributed by atoms with Crippen LogP contribution in [0.4, 0.5) is 0 Å². The van der Waals surface area contributed by atoms with Gasteiger partial charge in [0.2, 0.25) is 0 Å². The largest absolute Gasteiger partial charge is 0.508 e. The summed E-state index contributed by atoms with van der Waals surface area (Å²) in [5.74, 6) is 0.161. The molecular weight excluding hydrogens is 252 g/mol. The van der Waals surface area contributed by atoms with Gasteiger partial charge in [0.25, 0.3) is 0 Å². The maximum atomic E-state index is 11.7. The number of aryl methyl sites for hydroxylation is 1. The molecule has 0 bridgehead atoms. The Morgan fingerprint density at radius 1 is 1.10 bits per heavy atom. The molecule has 0 aliphatic carbocycles. The molecule has 0 atom stereocenters. The zero-order valence-electron chi connectivity index (χ0n) is 11.1. The molecule has 20 heavy (non-hydrogen) atoms. The second-order valence-corrected chi connectivity index (χ2v) is 4.68. The van der Waals surface area contributed by atoms with Crippen molar-refractivity contribution < 1.29 is 9.52 Å². The average molecular weight is 266 g/mol. The lowest BCUT2D eigenvalue weighted by atomic mass is 9.99. The fourth-order valence-electron chi connectivity index (χ4n) is 2.38. The van der Waals surface area contributed by atoms with Gasteiger partial charge in [-0.1, -0.05) is 37.3 Å². The Hall–Kier alpha value is -2.55. The van der Waals surface area contributed by atoms with Crippen LogP contribution in [0.25, 0.3) is 22.1 Å². The van der Waals surface area contributed by atoms with Crippen LogP contribution in [0.1, 0.15) is 12.5 Å². The summed E-state index contributed by atoms with van der Waals surface area (Å²) in [6.07, 6.45) is 0.717. The monoisotopic (exact) mass is 266 g/mol. The molecule has 0 saturated heterocycles. The van der Waals surface area contributed by atoms with Crippen LogP contribution in [0.2, 0.25) is 0 Å². The summed E-state index contributed by atoms with van der Waals surface area (Å²) in [6, 6.07) is 14.6. The summed E-state index contributed by atoms with van der Waals surface area (Å²) in [7, 11) is 0. The zero-order valence-corrected chi connectivity index (χ0v) is 11.1. The van der Waals surface area contributed by atoms with Gasteiger partial charge in [-0.3, -0.25) is 0 Å². The average Bonchev–Trinajstić information content (AvgIpc) is 2.46. The fourth-order valence-corrected chi connectivity index (χ4v) is 2.38. The Kier molecular flexibility index (Phi) is 3.03. The SMILES string of the molecule is CCc1cc2c(-c3ccccc3)cc(=O)oc2cc1O. The van der Waals surface area contributed by atoms with Gasteiger partial charge in [0.15, 0.2) is 0 Å². The molecule has 0 radical (unpaired) electrons. The molecule has 0 fully saturated rings. The molecule has 1 heterocycles. The third-order valence-corrected chi connectivity index (χ3v) is 3.41. The van der Waals surface area contributed by atoms with E-state index in [1.807, 2.05) is 43.3 Å². The Bertz CT molecular complexity index is 817. The minimum absolute atomic E-state index is 0.161. The van der Waals surface area contributed by atoms with Crippen LogP contribution in [-0.4, -0.2) is 5.11 Å². The highest BCUT2D eigenvalue weighted by atomic mass is 16.4. The van der Waals surface area contributed by atoms with Gasteiger partial charge < -0.3 is 9.52 Å². The standard InChI is InChI=1S/C17H14O3/c1-2-11-8-14-13(12-6-4-3-5-7-12)9-17(19)20-16(14)10-15(11)18/h3-10,18H,2H2,1H3. The highest BCUT2D eigenvalue weighted by Gasteiger charge is 2.11. The maximum absolute atomic E-state index is 11.7. The van der Waals surface area contributed by atoms with Crippen LogP contribution in [0.3, 0.4) is 0 Å². The normalized spacial score (nSPS) is 10.8. The molecule has 0 amide bonds. The number of hydrogen-bond donors (Lipinski definition) is 1. The van der Waals surface area contributed by atoms with Gasteiger partial charge in [-0.05, 0) is 29.2 Å². The van der Waals surface area contributed by atoms with Crippen LogP contribution in [0, 0.1) is 0 Å². The van der Waals surface area contributed by atoms with E-state index in [0.717, 1.165) is 28.5 Å². The third kappa shape index (κ3) is 2.07. The summed E-state index contributed by atoms with van der Waals surface area (Å²) in [5, 5.41) is 10.7. The third-order valence-electron chi connectivity index (χ3n) is 3.41. The molecule has 0 aliphatic heterocycles. The predicted octanol–water partition coefficient (Wildman–Crippen LogP) is 3.73. The number of benzene rings is 2. The number of aromatic hydroxyl groups is 1. The minimum Gasteiger partial charge on any atom is -0.508 e. The van der Waals surface area contributed by atoms with E-state index in [0.29, 0.717) is 5.58 Å². The van der Waals surface area contributed by atoms with E-state index >= 15 is 0 Å². The first-order chi connectivity index (χ1) is 9.69. The Labute approximate surface area is 116 Å². The number of hydrogen-bond acceptors (Lipinski definition) is 3. The van der Waals surface area contributed by atoms with E-state index in [4.69, 9.17) is 4.42 Å². The van der Waals surface area contributed by atoms with Crippen molar-refractivity contribution in [3.05, 3.63) is 64.5 Å². The highest BCUT2D eigenvalue weighted by molar-refractivity contribution is 5.94. The van der Waals surface area contributed by atoms with Crippen molar-refractivity contribution in [1.29, 1.82) is 0 Å². The van der Waals surface area contributed by atoms with Gasteiger partial charge in [0.1, 0.15) is 11.3 Å². The van der Waals surface area contributed by atoms with E-state index in [2.05, 4.69) is 0 Å². The van der Waals surface area contributed by atoms with Crippen molar-refractivity contribution in [1.82, 2.24) is 0 Å². The van der Waals surface area contributed by atoms with Crippen LogP contribution in [-0.2, 0) is 6.42 Å². The van der Waals surface area contributed by atoms with Crippen LogP contribution < -0.4 is 5.63 Å². The zero-order chi connectivity index (χ0) is 14.1. The van der Waals surface area contributed by atoms with Crippen molar-refractivity contribution in [2.75, 3.05) is 0 Å². The summed E-state index contributed by atoms with van der Waals surface area (Å²) >= 11 is 0. The fraction of sp³-hybridized carbons (Fsp3) is 0.118. The van der Waals surface area contributed by atoms with Crippen LogP contribution in [0.5, 0.6) is 5.75 Å². The Balaban J connectivity index is 2.39. The van der Waals surface area contributed by atoms with Crippen molar-refractivity contribution >= 4 is 11.0 Å². The summed E-state index contributed by atoms with van der Waals surface area (Å²) in [5.41, 5.74) is 2.61. The minimum atomic E-state index is -0.417. The van der Waals surface area contributed by atoms with E-state index < -0.39 is 5.63 Å². The van der Waals surface area contributed by atoms with Gasteiger partial charge in [-0.2, -0.15) is 0 Å². The number of phenolic OH excluding ortho intramolecular Hbond substituents is 1. The summed E-state index contributed by atoms with van der Waals surface area (Å²) in [4.78, 5) is 11.7. The molecule has 100 valence electrons.